The number of rotatable bonds is 16. The number of aryl methyl sites for hydroxylation is 1. The molecule has 0 aromatic heterocycles. The fourth-order valence-corrected chi connectivity index (χ4v) is 5.26. The predicted molar refractivity (Wildman–Crippen MR) is 144 cm³/mol. The van der Waals surface area contributed by atoms with Crippen LogP contribution in [0.15, 0.2) is 23.8 Å². The Morgan fingerprint density at radius 2 is 1.73 bits per heavy atom. The molecule has 1 aromatic carbocycles. The molecule has 1 unspecified atom stereocenters. The first-order valence-corrected chi connectivity index (χ1v) is 13.8. The molecule has 0 radical (unpaired) electrons. The normalized spacial score (nSPS) is 20.0. The van der Waals surface area contributed by atoms with Crippen LogP contribution in [-0.4, -0.2) is 64.9 Å². The summed E-state index contributed by atoms with van der Waals surface area (Å²) in [7, 11) is 1.64. The van der Waals surface area contributed by atoms with Crippen molar-refractivity contribution in [3.05, 3.63) is 34.9 Å². The minimum atomic E-state index is -0.409. The van der Waals surface area contributed by atoms with Crippen LogP contribution >= 0.6 is 0 Å². The van der Waals surface area contributed by atoms with Gasteiger partial charge in [-0.2, -0.15) is 0 Å². The average molecular weight is 519 g/mol. The largest absolute Gasteiger partial charge is 0.487 e. The lowest BCUT2D eigenvalue weighted by Gasteiger charge is -2.46. The molecular weight excluding hydrogens is 472 g/mol. The third-order valence-corrected chi connectivity index (χ3v) is 7.20. The van der Waals surface area contributed by atoms with E-state index >= 15 is 0 Å². The summed E-state index contributed by atoms with van der Waals surface area (Å²) in [5.74, 6) is 1.54. The van der Waals surface area contributed by atoms with E-state index in [0.717, 1.165) is 49.0 Å². The molecule has 7 heteroatoms. The van der Waals surface area contributed by atoms with Crippen LogP contribution in [0.4, 0.5) is 0 Å². The summed E-state index contributed by atoms with van der Waals surface area (Å²) in [5, 5.41) is 0. The second kappa shape index (κ2) is 14.9. The van der Waals surface area contributed by atoms with Gasteiger partial charge in [-0.3, -0.25) is 0 Å². The molecule has 1 aromatic rings. The molecule has 37 heavy (non-hydrogen) atoms. The zero-order valence-electron chi connectivity index (χ0n) is 23.4. The molecule has 1 aliphatic heterocycles. The molecule has 0 saturated heterocycles. The molecule has 2 atom stereocenters. The van der Waals surface area contributed by atoms with Crippen molar-refractivity contribution in [3.8, 4) is 11.5 Å². The first-order valence-electron chi connectivity index (χ1n) is 13.8. The van der Waals surface area contributed by atoms with E-state index in [4.69, 9.17) is 28.4 Å². The maximum Gasteiger partial charge on any atom is 0.337 e. The molecule has 0 N–H and O–H groups in total. The first-order chi connectivity index (χ1) is 17.9. The van der Waals surface area contributed by atoms with Gasteiger partial charge in [-0.15, -0.1) is 0 Å². The summed E-state index contributed by atoms with van der Waals surface area (Å²) in [6.45, 7) is 11.4. The number of allylic oxidation sites excluding steroid dienone is 2. The standard InChI is InChI=1S/C30H46O7/c1-6-7-8-9-23-19-26(36-28(31)21-35-17-16-34-15-14-33-13-12-32-5)29-24-18-22(2)10-11-25(24)30(3,4)37-27(29)20-23/h18-20,24-25H,6-17,21H2,1-5H3/t24-,25?/m1/s1. The number of hydrogen-bond donors (Lipinski definition) is 0. The third kappa shape index (κ3) is 8.81. The molecular formula is C30H46O7. The molecule has 0 spiro atoms. The number of benzene rings is 1. The van der Waals surface area contributed by atoms with E-state index in [2.05, 4.69) is 39.8 Å². The van der Waals surface area contributed by atoms with E-state index in [9.17, 15) is 4.79 Å². The van der Waals surface area contributed by atoms with Crippen LogP contribution in [0.2, 0.25) is 0 Å². The second-order valence-corrected chi connectivity index (χ2v) is 10.6. The fraction of sp³-hybridized carbons (Fsp3) is 0.700. The van der Waals surface area contributed by atoms with Crippen molar-refractivity contribution in [2.24, 2.45) is 5.92 Å². The Hall–Kier alpha value is -1.93. The van der Waals surface area contributed by atoms with Crippen LogP contribution in [0, 0.1) is 5.92 Å². The van der Waals surface area contributed by atoms with Crippen molar-refractivity contribution in [3.63, 3.8) is 0 Å². The van der Waals surface area contributed by atoms with Gasteiger partial charge in [-0.05, 0) is 64.2 Å². The number of unbranched alkanes of at least 4 members (excludes halogenated alkanes) is 2. The van der Waals surface area contributed by atoms with Gasteiger partial charge in [0.15, 0.2) is 0 Å². The SMILES string of the molecule is CCCCCc1cc(OC(=O)COCCOCCOCCOC)c2c(c1)OC(C)(C)C1CCC(C)=C[C@@H]21. The van der Waals surface area contributed by atoms with E-state index in [1.807, 2.05) is 6.07 Å². The van der Waals surface area contributed by atoms with Crippen LogP contribution in [0.5, 0.6) is 11.5 Å². The van der Waals surface area contributed by atoms with Crippen LogP contribution in [0.3, 0.4) is 0 Å². The quantitative estimate of drug-likeness (QED) is 0.121. The zero-order valence-corrected chi connectivity index (χ0v) is 23.4. The summed E-state index contributed by atoms with van der Waals surface area (Å²) in [6, 6.07) is 4.19. The Labute approximate surface area is 222 Å². The number of fused-ring (bicyclic) bond motifs is 3. The highest BCUT2D eigenvalue weighted by atomic mass is 16.6. The van der Waals surface area contributed by atoms with Gasteiger partial charge in [-0.1, -0.05) is 31.4 Å². The lowest BCUT2D eigenvalue weighted by molar-refractivity contribution is -0.140. The number of methoxy groups -OCH3 is 1. The summed E-state index contributed by atoms with van der Waals surface area (Å²) < 4.78 is 33.8. The van der Waals surface area contributed by atoms with Gasteiger partial charge < -0.3 is 28.4 Å². The number of esters is 1. The Morgan fingerprint density at radius 1 is 1.03 bits per heavy atom. The Bertz CT molecular complexity index is 892. The molecule has 2 aliphatic rings. The lowest BCUT2D eigenvalue weighted by Crippen LogP contribution is -2.45. The molecule has 3 rings (SSSR count). The van der Waals surface area contributed by atoms with Gasteiger partial charge in [0.1, 0.15) is 23.7 Å². The summed E-state index contributed by atoms with van der Waals surface area (Å²) in [6.07, 6.45) is 8.83. The van der Waals surface area contributed by atoms with Crippen molar-refractivity contribution < 1.29 is 33.2 Å². The minimum absolute atomic E-state index is 0.127. The van der Waals surface area contributed by atoms with Gasteiger partial charge in [0.25, 0.3) is 0 Å². The highest BCUT2D eigenvalue weighted by molar-refractivity contribution is 5.75. The second-order valence-electron chi connectivity index (χ2n) is 10.6. The van der Waals surface area contributed by atoms with Crippen LogP contribution < -0.4 is 9.47 Å². The van der Waals surface area contributed by atoms with Crippen molar-refractivity contribution in [1.29, 1.82) is 0 Å². The number of carbonyl (C=O) groups is 1. The zero-order chi connectivity index (χ0) is 26.7. The smallest absolute Gasteiger partial charge is 0.337 e. The monoisotopic (exact) mass is 518 g/mol. The number of hydrogen-bond acceptors (Lipinski definition) is 7. The molecule has 208 valence electrons. The van der Waals surface area contributed by atoms with E-state index < -0.39 is 5.97 Å². The molecule has 0 bridgehead atoms. The Balaban J connectivity index is 1.63. The van der Waals surface area contributed by atoms with E-state index in [0.29, 0.717) is 51.3 Å². The predicted octanol–water partition coefficient (Wildman–Crippen LogP) is 5.63. The van der Waals surface area contributed by atoms with Crippen LogP contribution in [0.1, 0.15) is 76.8 Å². The Kier molecular flexibility index (Phi) is 11.9. The van der Waals surface area contributed by atoms with Gasteiger partial charge >= 0.3 is 5.97 Å². The first kappa shape index (κ1) is 29.6. The van der Waals surface area contributed by atoms with E-state index in [1.165, 1.54) is 12.0 Å². The van der Waals surface area contributed by atoms with E-state index in [1.54, 1.807) is 7.11 Å². The molecule has 0 amide bonds. The number of ether oxygens (including phenoxy) is 6. The lowest BCUT2D eigenvalue weighted by atomic mass is 9.68. The minimum Gasteiger partial charge on any atom is -0.487 e. The summed E-state index contributed by atoms with van der Waals surface area (Å²) in [4.78, 5) is 12.8. The van der Waals surface area contributed by atoms with Gasteiger partial charge in [0.2, 0.25) is 0 Å². The summed E-state index contributed by atoms with van der Waals surface area (Å²) in [5.41, 5.74) is 3.23. The highest BCUT2D eigenvalue weighted by Gasteiger charge is 2.45. The molecule has 0 saturated carbocycles. The van der Waals surface area contributed by atoms with Crippen LogP contribution in [-0.2, 0) is 30.2 Å². The van der Waals surface area contributed by atoms with Crippen molar-refractivity contribution >= 4 is 5.97 Å². The molecule has 1 aliphatic carbocycles. The summed E-state index contributed by atoms with van der Waals surface area (Å²) >= 11 is 0. The average Bonchev–Trinajstić information content (AvgIpc) is 2.84. The van der Waals surface area contributed by atoms with Crippen molar-refractivity contribution in [1.82, 2.24) is 0 Å². The van der Waals surface area contributed by atoms with Gasteiger partial charge in [0, 0.05) is 24.5 Å². The highest BCUT2D eigenvalue weighted by Crippen LogP contribution is 2.53. The maximum atomic E-state index is 12.8. The van der Waals surface area contributed by atoms with Gasteiger partial charge in [-0.25, -0.2) is 4.79 Å². The molecule has 0 fully saturated rings. The fourth-order valence-electron chi connectivity index (χ4n) is 5.26. The maximum absolute atomic E-state index is 12.8. The van der Waals surface area contributed by atoms with Crippen LogP contribution in [0.25, 0.3) is 0 Å². The molecule has 7 nitrogen and oxygen atoms in total. The third-order valence-electron chi connectivity index (χ3n) is 7.20. The van der Waals surface area contributed by atoms with E-state index in [-0.39, 0.29) is 18.1 Å². The molecule has 1 heterocycles. The number of carbonyl (C=O) groups excluding carboxylic acids is 1. The van der Waals surface area contributed by atoms with Crippen molar-refractivity contribution in [2.45, 2.75) is 77.7 Å². The topological polar surface area (TPSA) is 72.5 Å². The van der Waals surface area contributed by atoms with Gasteiger partial charge in [0.05, 0.1) is 39.6 Å². The Morgan fingerprint density at radius 3 is 2.43 bits per heavy atom. The van der Waals surface area contributed by atoms with Crippen molar-refractivity contribution in [2.75, 3.05) is 53.4 Å².